The van der Waals surface area contributed by atoms with Gasteiger partial charge < -0.3 is 9.47 Å². The second-order valence-electron chi connectivity index (χ2n) is 14.9. The third-order valence-electron chi connectivity index (χ3n) is 11.7. The summed E-state index contributed by atoms with van der Waals surface area (Å²) in [5, 5.41) is 12.5. The third kappa shape index (κ3) is 5.10. The van der Waals surface area contributed by atoms with Crippen LogP contribution < -0.4 is 4.90 Å². The molecule has 266 valence electrons. The van der Waals surface area contributed by atoms with Crippen LogP contribution in [0, 0.1) is 0 Å². The number of para-hydroxylation sites is 1. The van der Waals surface area contributed by atoms with Crippen molar-refractivity contribution < 1.29 is 0 Å². The van der Waals surface area contributed by atoms with Crippen LogP contribution in [0.5, 0.6) is 0 Å². The number of benzene rings is 10. The molecule has 0 saturated carbocycles. The van der Waals surface area contributed by atoms with Crippen LogP contribution in [-0.4, -0.2) is 4.57 Å². The lowest BCUT2D eigenvalue weighted by Crippen LogP contribution is -2.10. The molecule has 0 spiro atoms. The van der Waals surface area contributed by atoms with Crippen LogP contribution in [0.3, 0.4) is 0 Å². The lowest BCUT2D eigenvalue weighted by Gasteiger charge is -2.26. The third-order valence-corrected chi connectivity index (χ3v) is 12.9. The van der Waals surface area contributed by atoms with E-state index < -0.39 is 0 Å². The highest BCUT2D eigenvalue weighted by Gasteiger charge is 2.20. The first kappa shape index (κ1) is 32.1. The van der Waals surface area contributed by atoms with Crippen molar-refractivity contribution in [3.63, 3.8) is 0 Å². The first-order valence-electron chi connectivity index (χ1n) is 19.5. The molecule has 0 unspecified atom stereocenters. The van der Waals surface area contributed by atoms with Crippen LogP contribution in [0.4, 0.5) is 17.1 Å². The van der Waals surface area contributed by atoms with Crippen molar-refractivity contribution in [1.29, 1.82) is 0 Å². The molecule has 2 heterocycles. The van der Waals surface area contributed by atoms with Gasteiger partial charge in [-0.05, 0) is 105 Å². The number of nitrogens with zero attached hydrogens (tertiary/aromatic N) is 2. The molecule has 0 atom stereocenters. The van der Waals surface area contributed by atoms with Gasteiger partial charge in [-0.1, -0.05) is 140 Å². The Balaban J connectivity index is 1.08. The fourth-order valence-corrected chi connectivity index (χ4v) is 10.2. The number of aromatic nitrogens is 1. The summed E-state index contributed by atoms with van der Waals surface area (Å²) >= 11 is 1.89. The maximum atomic E-state index is 2.44. The van der Waals surface area contributed by atoms with E-state index >= 15 is 0 Å². The largest absolute Gasteiger partial charge is 0.310 e. The topological polar surface area (TPSA) is 8.17 Å². The standard InChI is InChI=1S/C54H34N2S/c1-2-11-35(12-3-1)38-21-22-40-32-41(25-23-39(40)31-38)55(43-27-30-53-49(34-43)47-28-24-37-14-5-7-17-45(37)54(47)57-53)42-26-29-52-48(33-42)46-18-8-9-19-51(46)56(52)50-20-10-15-36-13-4-6-16-44(36)50/h1-34H. The molecular formula is C54H34N2S. The van der Waals surface area contributed by atoms with Crippen molar-refractivity contribution in [3.8, 4) is 16.8 Å². The summed E-state index contributed by atoms with van der Waals surface area (Å²) in [6, 6.07) is 75.8. The van der Waals surface area contributed by atoms with Gasteiger partial charge in [-0.25, -0.2) is 0 Å². The van der Waals surface area contributed by atoms with Crippen LogP contribution in [0.1, 0.15) is 0 Å². The second-order valence-corrected chi connectivity index (χ2v) is 16.0. The van der Waals surface area contributed by atoms with Crippen molar-refractivity contribution in [2.24, 2.45) is 0 Å². The average Bonchev–Trinajstić information content (AvgIpc) is 3.82. The Morgan fingerprint density at radius 1 is 0.333 bits per heavy atom. The smallest absolute Gasteiger partial charge is 0.0542 e. The van der Waals surface area contributed by atoms with E-state index in [0.717, 1.165) is 17.1 Å². The molecule has 0 aliphatic heterocycles. The maximum Gasteiger partial charge on any atom is 0.0542 e. The number of hydrogen-bond acceptors (Lipinski definition) is 2. The van der Waals surface area contributed by atoms with E-state index in [-0.39, 0.29) is 0 Å². The monoisotopic (exact) mass is 742 g/mol. The number of fused-ring (bicyclic) bond motifs is 10. The van der Waals surface area contributed by atoms with E-state index in [1.165, 1.54) is 91.1 Å². The number of hydrogen-bond donors (Lipinski definition) is 0. The van der Waals surface area contributed by atoms with Crippen LogP contribution in [0.25, 0.3) is 91.1 Å². The molecule has 10 aromatic carbocycles. The predicted octanol–water partition coefficient (Wildman–Crippen LogP) is 15.7. The Kier molecular flexibility index (Phi) is 7.13. The first-order valence-corrected chi connectivity index (χ1v) is 20.3. The number of thiophene rings is 1. The summed E-state index contributed by atoms with van der Waals surface area (Å²) in [7, 11) is 0. The molecule has 57 heavy (non-hydrogen) atoms. The SMILES string of the molecule is c1ccc(-c2ccc3cc(N(c4ccc5sc6c7ccccc7ccc6c5c4)c4ccc5c(c4)c4ccccc4n5-c4cccc5ccccc45)ccc3c2)cc1. The molecule has 0 radical (unpaired) electrons. The molecule has 0 saturated heterocycles. The molecule has 0 aliphatic carbocycles. The molecule has 12 aromatic rings. The Hall–Kier alpha value is -7.20. The Bertz CT molecular complexity index is 3530. The Labute approximate surface area is 333 Å². The van der Waals surface area contributed by atoms with Crippen molar-refractivity contribution in [3.05, 3.63) is 206 Å². The van der Waals surface area contributed by atoms with Gasteiger partial charge in [-0.15, -0.1) is 11.3 Å². The lowest BCUT2D eigenvalue weighted by molar-refractivity contribution is 1.20. The average molecular weight is 743 g/mol. The van der Waals surface area contributed by atoms with Gasteiger partial charge in [-0.2, -0.15) is 0 Å². The summed E-state index contributed by atoms with van der Waals surface area (Å²) in [4.78, 5) is 2.44. The van der Waals surface area contributed by atoms with E-state index in [9.17, 15) is 0 Å². The van der Waals surface area contributed by atoms with Gasteiger partial charge in [0.15, 0.2) is 0 Å². The van der Waals surface area contributed by atoms with E-state index in [0.29, 0.717) is 0 Å². The van der Waals surface area contributed by atoms with Crippen LogP contribution in [0.2, 0.25) is 0 Å². The van der Waals surface area contributed by atoms with Gasteiger partial charge >= 0.3 is 0 Å². The summed E-state index contributed by atoms with van der Waals surface area (Å²) in [6.07, 6.45) is 0. The van der Waals surface area contributed by atoms with Crippen molar-refractivity contribution >= 4 is 103 Å². The summed E-state index contributed by atoms with van der Waals surface area (Å²) < 4.78 is 5.08. The summed E-state index contributed by atoms with van der Waals surface area (Å²) in [5.74, 6) is 0. The highest BCUT2D eigenvalue weighted by Crippen LogP contribution is 2.45. The van der Waals surface area contributed by atoms with E-state index in [1.807, 2.05) is 11.3 Å². The molecule has 2 aromatic heterocycles. The molecule has 0 amide bonds. The minimum absolute atomic E-state index is 1.12. The van der Waals surface area contributed by atoms with Gasteiger partial charge in [-0.3, -0.25) is 0 Å². The fraction of sp³-hybridized carbons (Fsp3) is 0. The Morgan fingerprint density at radius 3 is 1.82 bits per heavy atom. The van der Waals surface area contributed by atoms with Crippen LogP contribution in [-0.2, 0) is 0 Å². The van der Waals surface area contributed by atoms with Gasteiger partial charge in [0.2, 0.25) is 0 Å². The zero-order chi connectivity index (χ0) is 37.5. The van der Waals surface area contributed by atoms with Gasteiger partial charge in [0.25, 0.3) is 0 Å². The summed E-state index contributed by atoms with van der Waals surface area (Å²) in [6.45, 7) is 0. The lowest BCUT2D eigenvalue weighted by atomic mass is 10.0. The Morgan fingerprint density at radius 2 is 0.947 bits per heavy atom. The molecular weight excluding hydrogens is 709 g/mol. The number of rotatable bonds is 5. The van der Waals surface area contributed by atoms with Crippen molar-refractivity contribution in [2.75, 3.05) is 4.90 Å². The molecule has 12 rings (SSSR count). The second kappa shape index (κ2) is 12.7. The van der Waals surface area contributed by atoms with E-state index in [1.54, 1.807) is 0 Å². The first-order chi connectivity index (χ1) is 28.2. The molecule has 0 N–H and O–H groups in total. The normalized spacial score (nSPS) is 11.9. The van der Waals surface area contributed by atoms with Crippen LogP contribution in [0.15, 0.2) is 206 Å². The van der Waals surface area contributed by atoms with Crippen molar-refractivity contribution in [1.82, 2.24) is 4.57 Å². The van der Waals surface area contributed by atoms with Gasteiger partial charge in [0.1, 0.15) is 0 Å². The minimum Gasteiger partial charge on any atom is -0.310 e. The van der Waals surface area contributed by atoms with Crippen LogP contribution >= 0.6 is 11.3 Å². The summed E-state index contributed by atoms with van der Waals surface area (Å²) in [5.41, 5.74) is 9.40. The van der Waals surface area contributed by atoms with E-state index in [2.05, 4.69) is 216 Å². The minimum atomic E-state index is 1.12. The number of anilines is 3. The van der Waals surface area contributed by atoms with Crippen molar-refractivity contribution in [2.45, 2.75) is 0 Å². The molecule has 2 nitrogen and oxygen atoms in total. The zero-order valence-electron chi connectivity index (χ0n) is 30.9. The van der Waals surface area contributed by atoms with Gasteiger partial charge in [0.05, 0.1) is 16.7 Å². The maximum absolute atomic E-state index is 2.44. The molecule has 0 bridgehead atoms. The van der Waals surface area contributed by atoms with Gasteiger partial charge in [0, 0.05) is 53.4 Å². The zero-order valence-corrected chi connectivity index (χ0v) is 31.7. The highest BCUT2D eigenvalue weighted by molar-refractivity contribution is 7.26. The fourth-order valence-electron chi connectivity index (χ4n) is 9.02. The highest BCUT2D eigenvalue weighted by atomic mass is 32.1. The molecule has 0 fully saturated rings. The quantitative estimate of drug-likeness (QED) is 0.170. The predicted molar refractivity (Wildman–Crippen MR) is 246 cm³/mol. The molecule has 0 aliphatic rings. The molecule has 3 heteroatoms. The van der Waals surface area contributed by atoms with E-state index in [4.69, 9.17) is 0 Å².